The summed E-state index contributed by atoms with van der Waals surface area (Å²) in [7, 11) is 0. The van der Waals surface area contributed by atoms with Gasteiger partial charge in [-0.1, -0.05) is 72.3 Å². The van der Waals surface area contributed by atoms with Gasteiger partial charge in [0.2, 0.25) is 0 Å². The summed E-state index contributed by atoms with van der Waals surface area (Å²) in [6, 6.07) is 23.4. The summed E-state index contributed by atoms with van der Waals surface area (Å²) < 4.78 is 19.7. The van der Waals surface area contributed by atoms with Gasteiger partial charge in [0.25, 0.3) is 0 Å². The smallest absolute Gasteiger partial charge is 0.412 e. The highest BCUT2D eigenvalue weighted by molar-refractivity contribution is 7.14. The lowest BCUT2D eigenvalue weighted by Crippen LogP contribution is -2.19. The number of carboxylic acid groups (broad SMARTS) is 1. The third-order valence-corrected chi connectivity index (χ3v) is 7.86. The van der Waals surface area contributed by atoms with Crippen LogP contribution in [-0.4, -0.2) is 17.2 Å². The molecule has 8 heteroatoms. The molecule has 37 heavy (non-hydrogen) atoms. The lowest BCUT2D eigenvalue weighted by molar-refractivity contribution is -0.140. The molecule has 0 spiro atoms. The average molecular weight is 536 g/mol. The molecule has 188 valence electrons. The molecule has 4 aromatic rings. The number of carbonyl (C=O) groups is 2. The van der Waals surface area contributed by atoms with Gasteiger partial charge in [0, 0.05) is 11.1 Å². The Morgan fingerprint density at radius 1 is 0.973 bits per heavy atom. The number of amides is 1. The van der Waals surface area contributed by atoms with E-state index in [2.05, 4.69) is 5.32 Å². The maximum atomic E-state index is 14.2. The van der Waals surface area contributed by atoms with E-state index in [9.17, 15) is 19.1 Å². The maximum Gasteiger partial charge on any atom is 0.412 e. The van der Waals surface area contributed by atoms with Crippen LogP contribution in [-0.2, 0) is 14.9 Å². The molecule has 1 atom stereocenters. The molecule has 1 amide bonds. The largest absolute Gasteiger partial charge is 0.481 e. The van der Waals surface area contributed by atoms with Crippen LogP contribution in [0.5, 0.6) is 0 Å². The zero-order valence-electron chi connectivity index (χ0n) is 19.8. The molecule has 3 aromatic carbocycles. The molecule has 1 saturated carbocycles. The van der Waals surface area contributed by atoms with Crippen LogP contribution in [0, 0.1) is 5.13 Å². The van der Waals surface area contributed by atoms with Gasteiger partial charge < -0.3 is 9.84 Å². The molecular formula is C29H23ClFNO4S. The molecule has 1 aliphatic carbocycles. The molecule has 5 rings (SSSR count). The van der Waals surface area contributed by atoms with Crippen LogP contribution in [0.15, 0.2) is 78.9 Å². The number of rotatable bonds is 7. The van der Waals surface area contributed by atoms with E-state index in [1.807, 2.05) is 48.5 Å². The second-order valence-corrected chi connectivity index (χ2v) is 10.5. The number of carbonyl (C=O) groups excluding carboxylic acids is 1. The lowest BCUT2D eigenvalue weighted by Gasteiger charge is -2.14. The standard InChI is InChI=1S/C29H23ClFNO4S/c1-17(18-8-12-23(30)13-9-18)36-28(35)32-24-16-25(31)37-26(24)21-4-2-19(3-5-21)20-6-10-22(11-7-20)29(14-15-29)27(33)34/h2-13,16-17H,14-15H2,1H3,(H,32,35)(H,33,34). The Balaban J connectivity index is 1.29. The second-order valence-electron chi connectivity index (χ2n) is 9.06. The van der Waals surface area contributed by atoms with Crippen molar-refractivity contribution in [3.05, 3.63) is 100 Å². The van der Waals surface area contributed by atoms with Crippen LogP contribution in [0.1, 0.15) is 37.0 Å². The summed E-state index contributed by atoms with van der Waals surface area (Å²) in [4.78, 5) is 24.7. The predicted molar refractivity (Wildman–Crippen MR) is 144 cm³/mol. The second kappa shape index (κ2) is 10.00. The first-order valence-corrected chi connectivity index (χ1v) is 12.9. The fraction of sp³-hybridized carbons (Fsp3) is 0.172. The maximum absolute atomic E-state index is 14.2. The molecule has 0 saturated heterocycles. The topological polar surface area (TPSA) is 75.6 Å². The number of benzene rings is 3. The quantitative estimate of drug-likeness (QED) is 0.249. The molecule has 0 aliphatic heterocycles. The molecule has 0 radical (unpaired) electrons. The van der Waals surface area contributed by atoms with Gasteiger partial charge in [-0.3, -0.25) is 10.1 Å². The fourth-order valence-corrected chi connectivity index (χ4v) is 5.29. The number of thiophene rings is 1. The highest BCUT2D eigenvalue weighted by Crippen LogP contribution is 2.48. The van der Waals surface area contributed by atoms with E-state index < -0.39 is 28.7 Å². The Morgan fingerprint density at radius 3 is 2.11 bits per heavy atom. The third-order valence-electron chi connectivity index (χ3n) is 6.64. The van der Waals surface area contributed by atoms with E-state index in [-0.39, 0.29) is 0 Å². The summed E-state index contributed by atoms with van der Waals surface area (Å²) in [5.41, 5.74) is 3.85. The van der Waals surface area contributed by atoms with Crippen molar-refractivity contribution in [3.8, 4) is 21.6 Å². The number of ether oxygens (including phenoxy) is 1. The number of hydrogen-bond donors (Lipinski definition) is 2. The SMILES string of the molecule is CC(OC(=O)Nc1cc(F)sc1-c1ccc(-c2ccc(C3(C(=O)O)CC3)cc2)cc1)c1ccc(Cl)cc1. The molecule has 1 aromatic heterocycles. The lowest BCUT2D eigenvalue weighted by atomic mass is 9.93. The van der Waals surface area contributed by atoms with Crippen molar-refractivity contribution in [3.63, 3.8) is 0 Å². The van der Waals surface area contributed by atoms with Crippen LogP contribution in [0.4, 0.5) is 14.9 Å². The van der Waals surface area contributed by atoms with Gasteiger partial charge in [0.15, 0.2) is 5.13 Å². The molecule has 1 heterocycles. The summed E-state index contributed by atoms with van der Waals surface area (Å²) in [6.07, 6.45) is 0.128. The molecule has 5 nitrogen and oxygen atoms in total. The van der Waals surface area contributed by atoms with Crippen molar-refractivity contribution in [2.24, 2.45) is 0 Å². The minimum absolute atomic E-state index is 0.330. The Kier molecular flexibility index (Phi) is 6.75. The van der Waals surface area contributed by atoms with Gasteiger partial charge in [-0.25, -0.2) is 4.79 Å². The van der Waals surface area contributed by atoms with Crippen LogP contribution >= 0.6 is 22.9 Å². The number of hydrogen-bond acceptors (Lipinski definition) is 4. The Bertz CT molecular complexity index is 1450. The first-order valence-electron chi connectivity index (χ1n) is 11.7. The zero-order chi connectivity index (χ0) is 26.2. The number of halogens is 2. The van der Waals surface area contributed by atoms with Gasteiger partial charge in [-0.2, -0.15) is 4.39 Å². The van der Waals surface area contributed by atoms with E-state index in [0.29, 0.717) is 28.4 Å². The molecule has 1 fully saturated rings. The van der Waals surface area contributed by atoms with Crippen molar-refractivity contribution in [2.75, 3.05) is 5.32 Å². The van der Waals surface area contributed by atoms with Gasteiger partial charge in [-0.05, 0) is 59.7 Å². The number of anilines is 1. The summed E-state index contributed by atoms with van der Waals surface area (Å²) in [5.74, 6) is -0.777. The minimum Gasteiger partial charge on any atom is -0.481 e. The number of aliphatic carboxylic acids is 1. The number of carboxylic acids is 1. The fourth-order valence-electron chi connectivity index (χ4n) is 4.32. The van der Waals surface area contributed by atoms with Crippen LogP contribution in [0.25, 0.3) is 21.6 Å². The van der Waals surface area contributed by atoms with Gasteiger partial charge >= 0.3 is 12.1 Å². The minimum atomic E-state index is -0.777. The van der Waals surface area contributed by atoms with E-state index >= 15 is 0 Å². The predicted octanol–water partition coefficient (Wildman–Crippen LogP) is 8.30. The highest BCUT2D eigenvalue weighted by Gasteiger charge is 2.51. The van der Waals surface area contributed by atoms with Crippen molar-refractivity contribution >= 4 is 40.7 Å². The van der Waals surface area contributed by atoms with Crippen LogP contribution in [0.3, 0.4) is 0 Å². The first-order chi connectivity index (χ1) is 17.7. The van der Waals surface area contributed by atoms with Crippen LogP contribution in [0.2, 0.25) is 5.02 Å². The van der Waals surface area contributed by atoms with Crippen molar-refractivity contribution in [2.45, 2.75) is 31.3 Å². The van der Waals surface area contributed by atoms with Crippen molar-refractivity contribution in [1.29, 1.82) is 0 Å². The molecule has 1 unspecified atom stereocenters. The Labute approximate surface area is 222 Å². The monoisotopic (exact) mass is 535 g/mol. The van der Waals surface area contributed by atoms with Gasteiger partial charge in [-0.15, -0.1) is 11.3 Å². The Morgan fingerprint density at radius 2 is 1.54 bits per heavy atom. The van der Waals surface area contributed by atoms with E-state index in [1.165, 1.54) is 6.07 Å². The van der Waals surface area contributed by atoms with E-state index in [1.54, 1.807) is 31.2 Å². The van der Waals surface area contributed by atoms with Crippen molar-refractivity contribution < 1.29 is 23.8 Å². The van der Waals surface area contributed by atoms with E-state index in [0.717, 1.165) is 39.2 Å². The number of nitrogens with one attached hydrogen (secondary N) is 1. The third kappa shape index (κ3) is 5.24. The first kappa shape index (κ1) is 25.0. The van der Waals surface area contributed by atoms with Crippen LogP contribution < -0.4 is 5.32 Å². The molecule has 2 N–H and O–H groups in total. The molecule has 1 aliphatic rings. The molecule has 0 bridgehead atoms. The van der Waals surface area contributed by atoms with Gasteiger partial charge in [0.1, 0.15) is 6.10 Å². The normalized spacial score (nSPS) is 14.6. The van der Waals surface area contributed by atoms with E-state index in [4.69, 9.17) is 16.3 Å². The summed E-state index contributed by atoms with van der Waals surface area (Å²) in [6.45, 7) is 1.75. The van der Waals surface area contributed by atoms with Crippen molar-refractivity contribution in [1.82, 2.24) is 0 Å². The average Bonchev–Trinajstić information content (AvgIpc) is 3.63. The summed E-state index contributed by atoms with van der Waals surface area (Å²) >= 11 is 6.85. The summed E-state index contributed by atoms with van der Waals surface area (Å²) in [5, 5.41) is 12.3. The Hall–Kier alpha value is -3.68. The van der Waals surface area contributed by atoms with Gasteiger partial charge in [0.05, 0.1) is 16.0 Å². The zero-order valence-corrected chi connectivity index (χ0v) is 21.4. The molecular weight excluding hydrogens is 513 g/mol. The highest BCUT2D eigenvalue weighted by atomic mass is 35.5.